The molecule has 0 aliphatic carbocycles. The van der Waals surface area contributed by atoms with Gasteiger partial charge in [-0.05, 0) is 36.4 Å². The van der Waals surface area contributed by atoms with E-state index in [1.54, 1.807) is 30.3 Å². The highest BCUT2D eigenvalue weighted by Gasteiger charge is 2.34. The third-order valence-electron chi connectivity index (χ3n) is 4.47. The Hall–Kier alpha value is -4.60. The summed E-state index contributed by atoms with van der Waals surface area (Å²) in [5, 5.41) is 2.48. The maximum absolute atomic E-state index is 12.8. The Labute approximate surface area is 181 Å². The van der Waals surface area contributed by atoms with E-state index in [2.05, 4.69) is 10.1 Å². The van der Waals surface area contributed by atoms with Crippen LogP contribution in [0, 0.1) is 0 Å². The van der Waals surface area contributed by atoms with E-state index in [1.807, 2.05) is 0 Å². The normalized spacial score (nSPS) is 14.5. The average molecular weight is 436 g/mol. The van der Waals surface area contributed by atoms with E-state index < -0.39 is 23.9 Å². The van der Waals surface area contributed by atoms with Gasteiger partial charge in [-0.3, -0.25) is 9.69 Å². The van der Waals surface area contributed by atoms with E-state index in [-0.39, 0.29) is 35.3 Å². The molecule has 0 radical (unpaired) electrons. The van der Waals surface area contributed by atoms with E-state index in [1.165, 1.54) is 37.6 Å². The quantitative estimate of drug-likeness (QED) is 0.270. The molecule has 0 spiro atoms. The molecule has 0 atom stereocenters. The van der Waals surface area contributed by atoms with Crippen molar-refractivity contribution in [2.45, 2.75) is 6.54 Å². The van der Waals surface area contributed by atoms with Gasteiger partial charge in [0.1, 0.15) is 17.2 Å². The van der Waals surface area contributed by atoms with Gasteiger partial charge in [0.2, 0.25) is 11.5 Å². The van der Waals surface area contributed by atoms with Crippen LogP contribution in [0.25, 0.3) is 6.08 Å². The van der Waals surface area contributed by atoms with Crippen molar-refractivity contribution in [3.63, 3.8) is 0 Å². The van der Waals surface area contributed by atoms with Gasteiger partial charge >= 0.3 is 18.0 Å². The molecule has 1 aliphatic heterocycles. The number of ether oxygens (including phenoxy) is 2. The SMILES string of the molecule is COC(=O)c1ccc(CN2C(=O)NC(=Cc3ccccc3OC(=O)c3ccco3)C2=O)o1. The number of nitrogens with zero attached hydrogens (tertiary/aromatic N) is 1. The third-order valence-corrected chi connectivity index (χ3v) is 4.47. The van der Waals surface area contributed by atoms with Gasteiger partial charge in [-0.1, -0.05) is 18.2 Å². The number of nitrogens with one attached hydrogen (secondary N) is 1. The highest BCUT2D eigenvalue weighted by molar-refractivity contribution is 6.14. The Morgan fingerprint density at radius 1 is 1.03 bits per heavy atom. The summed E-state index contributed by atoms with van der Waals surface area (Å²) < 4.78 is 20.2. The maximum atomic E-state index is 12.8. The maximum Gasteiger partial charge on any atom is 0.379 e. The summed E-state index contributed by atoms with van der Waals surface area (Å²) >= 11 is 0. The van der Waals surface area contributed by atoms with Gasteiger partial charge in [0.15, 0.2) is 0 Å². The molecule has 1 aromatic carbocycles. The van der Waals surface area contributed by atoms with E-state index in [9.17, 15) is 19.2 Å². The van der Waals surface area contributed by atoms with E-state index >= 15 is 0 Å². The van der Waals surface area contributed by atoms with Crippen molar-refractivity contribution < 1.29 is 37.5 Å². The molecule has 0 unspecified atom stereocenters. The van der Waals surface area contributed by atoms with Crippen LogP contribution in [0.3, 0.4) is 0 Å². The third kappa shape index (κ3) is 4.15. The molecule has 3 aromatic rings. The summed E-state index contributed by atoms with van der Waals surface area (Å²) in [4.78, 5) is 49.7. The number of furan rings is 2. The highest BCUT2D eigenvalue weighted by Crippen LogP contribution is 2.24. The van der Waals surface area contributed by atoms with Crippen molar-refractivity contribution in [3.05, 3.63) is 83.3 Å². The Bertz CT molecular complexity index is 1220. The number of carbonyl (C=O) groups excluding carboxylic acids is 4. The summed E-state index contributed by atoms with van der Waals surface area (Å²) in [5.41, 5.74) is 0.375. The zero-order chi connectivity index (χ0) is 22.7. The summed E-state index contributed by atoms with van der Waals surface area (Å²) in [6, 6.07) is 11.7. The standard InChI is InChI=1S/C22H16N2O8/c1-29-20(26)18-9-8-14(31-18)12-24-19(25)15(23-22(24)28)11-13-5-2-3-6-16(13)32-21(27)17-7-4-10-30-17/h2-11H,12H2,1H3,(H,23,28). The fourth-order valence-corrected chi connectivity index (χ4v) is 2.94. The number of urea groups is 1. The number of amides is 3. The second kappa shape index (κ2) is 8.64. The van der Waals surface area contributed by atoms with Crippen molar-refractivity contribution in [1.82, 2.24) is 10.2 Å². The minimum atomic E-state index is -0.705. The predicted octanol–water partition coefficient (Wildman–Crippen LogP) is 2.97. The van der Waals surface area contributed by atoms with Crippen molar-refractivity contribution in [1.29, 1.82) is 0 Å². The monoisotopic (exact) mass is 436 g/mol. The smallest absolute Gasteiger partial charge is 0.379 e. The molecule has 32 heavy (non-hydrogen) atoms. The molecular weight excluding hydrogens is 420 g/mol. The Kier molecular flexibility index (Phi) is 5.58. The number of hydrogen-bond donors (Lipinski definition) is 1. The van der Waals surface area contributed by atoms with Gasteiger partial charge in [-0.25, -0.2) is 14.4 Å². The van der Waals surface area contributed by atoms with Crippen molar-refractivity contribution in [2.75, 3.05) is 7.11 Å². The minimum absolute atomic E-state index is 0.0174. The molecule has 162 valence electrons. The number of carbonyl (C=O) groups is 4. The number of para-hydroxylation sites is 1. The molecule has 1 N–H and O–H groups in total. The first kappa shape index (κ1) is 20.7. The van der Waals surface area contributed by atoms with Crippen molar-refractivity contribution >= 4 is 30.0 Å². The first-order valence-corrected chi connectivity index (χ1v) is 9.32. The second-order valence-corrected chi connectivity index (χ2v) is 6.54. The zero-order valence-electron chi connectivity index (χ0n) is 16.7. The number of esters is 2. The van der Waals surface area contributed by atoms with E-state index in [0.717, 1.165) is 4.90 Å². The summed E-state index contributed by atoms with van der Waals surface area (Å²) in [6.07, 6.45) is 2.74. The van der Waals surface area contributed by atoms with Crippen LogP contribution in [-0.4, -0.2) is 35.9 Å². The summed E-state index contributed by atoms with van der Waals surface area (Å²) in [5.74, 6) is -1.61. The van der Waals surface area contributed by atoms with Crippen LogP contribution < -0.4 is 10.1 Å². The molecule has 4 rings (SSSR count). The molecule has 0 saturated carbocycles. The molecular formula is C22H16N2O8. The Morgan fingerprint density at radius 2 is 1.84 bits per heavy atom. The predicted molar refractivity (Wildman–Crippen MR) is 107 cm³/mol. The van der Waals surface area contributed by atoms with Gasteiger partial charge in [-0.2, -0.15) is 0 Å². The van der Waals surface area contributed by atoms with Gasteiger partial charge in [0.25, 0.3) is 5.91 Å². The molecule has 2 aromatic heterocycles. The fourth-order valence-electron chi connectivity index (χ4n) is 2.94. The van der Waals surface area contributed by atoms with E-state index in [0.29, 0.717) is 5.56 Å². The largest absolute Gasteiger partial charge is 0.463 e. The first-order valence-electron chi connectivity index (χ1n) is 9.32. The van der Waals surface area contributed by atoms with Crippen LogP contribution >= 0.6 is 0 Å². The summed E-state index contributed by atoms with van der Waals surface area (Å²) in [6.45, 7) is -0.186. The van der Waals surface area contributed by atoms with Gasteiger partial charge in [0, 0.05) is 5.56 Å². The molecule has 0 bridgehead atoms. The highest BCUT2D eigenvalue weighted by atomic mass is 16.5. The Balaban J connectivity index is 1.52. The molecule has 1 saturated heterocycles. The van der Waals surface area contributed by atoms with Crippen molar-refractivity contribution in [3.8, 4) is 5.75 Å². The van der Waals surface area contributed by atoms with Gasteiger partial charge in [0.05, 0.1) is 19.9 Å². The van der Waals surface area contributed by atoms with Crippen LogP contribution in [0.5, 0.6) is 5.75 Å². The lowest BCUT2D eigenvalue weighted by Gasteiger charge is -2.09. The number of imide groups is 1. The van der Waals surface area contributed by atoms with Gasteiger partial charge < -0.3 is 23.6 Å². The lowest BCUT2D eigenvalue weighted by Crippen LogP contribution is -2.30. The van der Waals surface area contributed by atoms with Crippen LogP contribution in [0.15, 0.2) is 69.3 Å². The fraction of sp³-hybridized carbons (Fsp3) is 0.0909. The molecule has 10 nitrogen and oxygen atoms in total. The number of methoxy groups -OCH3 is 1. The van der Waals surface area contributed by atoms with Crippen LogP contribution in [0.2, 0.25) is 0 Å². The molecule has 3 amide bonds. The molecule has 1 fully saturated rings. The average Bonchev–Trinajstić information content (AvgIpc) is 3.53. The number of hydrogen-bond acceptors (Lipinski definition) is 8. The summed E-state index contributed by atoms with van der Waals surface area (Å²) in [7, 11) is 1.21. The first-order chi connectivity index (χ1) is 15.5. The minimum Gasteiger partial charge on any atom is -0.463 e. The molecule has 10 heteroatoms. The van der Waals surface area contributed by atoms with E-state index in [4.69, 9.17) is 13.6 Å². The van der Waals surface area contributed by atoms with Crippen LogP contribution in [0.1, 0.15) is 32.4 Å². The number of rotatable bonds is 6. The van der Waals surface area contributed by atoms with Crippen LogP contribution in [0.4, 0.5) is 4.79 Å². The second-order valence-electron chi connectivity index (χ2n) is 6.54. The lowest BCUT2D eigenvalue weighted by atomic mass is 10.1. The van der Waals surface area contributed by atoms with Crippen molar-refractivity contribution in [2.24, 2.45) is 0 Å². The molecule has 3 heterocycles. The zero-order valence-corrected chi connectivity index (χ0v) is 16.7. The Morgan fingerprint density at radius 3 is 2.59 bits per heavy atom. The van der Waals surface area contributed by atoms with Gasteiger partial charge in [-0.15, -0.1) is 0 Å². The van der Waals surface area contributed by atoms with Crippen LogP contribution in [-0.2, 0) is 16.1 Å². The topological polar surface area (TPSA) is 128 Å². The molecule has 1 aliphatic rings. The number of benzene rings is 1. The lowest BCUT2D eigenvalue weighted by molar-refractivity contribution is -0.123.